The molecule has 0 aliphatic heterocycles. The number of aliphatic hydroxyl groups excluding tert-OH is 1. The number of carbonyl (C=O) groups excluding carboxylic acids is 2. The number of H-pyrrole nitrogens is 1. The van der Waals surface area contributed by atoms with E-state index in [1.807, 2.05) is 30.3 Å². The molecule has 0 bridgehead atoms. The monoisotopic (exact) mass is 445 g/mol. The lowest BCUT2D eigenvalue weighted by Gasteiger charge is -2.29. The quantitative estimate of drug-likeness (QED) is 0.450. The Kier molecular flexibility index (Phi) is 7.47. The molecule has 1 aliphatic rings. The van der Waals surface area contributed by atoms with Crippen molar-refractivity contribution in [3.63, 3.8) is 0 Å². The van der Waals surface area contributed by atoms with Gasteiger partial charge in [-0.15, -0.1) is 0 Å². The molecule has 1 aromatic heterocycles. The van der Waals surface area contributed by atoms with E-state index >= 15 is 0 Å². The number of hydrogen-bond acceptors (Lipinski definition) is 8. The van der Waals surface area contributed by atoms with Gasteiger partial charge in [-0.05, 0) is 44.1 Å². The van der Waals surface area contributed by atoms with Crippen LogP contribution in [0, 0.1) is 5.92 Å². The second-order valence-electron chi connectivity index (χ2n) is 7.72. The molecule has 0 saturated heterocycles. The van der Waals surface area contributed by atoms with Crippen molar-refractivity contribution in [2.45, 2.75) is 44.8 Å². The summed E-state index contributed by atoms with van der Waals surface area (Å²) in [6.07, 6.45) is 1.21. The molecule has 1 aliphatic carbocycles. The van der Waals surface area contributed by atoms with E-state index in [4.69, 9.17) is 9.47 Å². The highest BCUT2D eigenvalue weighted by Gasteiger charge is 2.45. The first-order chi connectivity index (χ1) is 15.4. The van der Waals surface area contributed by atoms with E-state index in [0.717, 1.165) is 5.56 Å². The molecule has 1 amide bonds. The lowest BCUT2D eigenvalue weighted by atomic mass is 9.93. The van der Waals surface area contributed by atoms with E-state index in [0.29, 0.717) is 25.7 Å². The Labute approximate surface area is 184 Å². The highest BCUT2D eigenvalue weighted by Crippen LogP contribution is 2.42. The fourth-order valence-corrected chi connectivity index (χ4v) is 3.95. The number of aliphatic hydroxyl groups is 1. The maximum atomic E-state index is 12.6. The summed E-state index contributed by atoms with van der Waals surface area (Å²) in [6.45, 7) is 1.66. The van der Waals surface area contributed by atoms with Gasteiger partial charge in [0.1, 0.15) is 18.0 Å². The number of rotatable bonds is 8. The molecule has 172 valence electrons. The van der Waals surface area contributed by atoms with Crippen LogP contribution in [0.4, 0.5) is 4.79 Å². The third kappa shape index (κ3) is 5.25. The Bertz CT molecular complexity index is 1010. The summed E-state index contributed by atoms with van der Waals surface area (Å²) in [6, 6.07) is 9.15. The number of hydrogen-bond donors (Lipinski definition) is 4. The Hall–Kier alpha value is -3.40. The number of ether oxygens (including phenoxy) is 2. The van der Waals surface area contributed by atoms with Crippen molar-refractivity contribution < 1.29 is 29.3 Å². The van der Waals surface area contributed by atoms with Gasteiger partial charge in [-0.2, -0.15) is 0 Å². The fourth-order valence-electron chi connectivity index (χ4n) is 3.95. The van der Waals surface area contributed by atoms with Gasteiger partial charge in [-0.25, -0.2) is 14.6 Å². The van der Waals surface area contributed by atoms with Crippen LogP contribution in [0.2, 0.25) is 0 Å². The minimum atomic E-state index is -1.14. The van der Waals surface area contributed by atoms with E-state index in [1.165, 1.54) is 0 Å². The number of alkyl carbamates (subject to hydrolysis) is 1. The van der Waals surface area contributed by atoms with E-state index in [9.17, 15) is 24.6 Å². The molecule has 4 N–H and O–H groups in total. The first-order valence-corrected chi connectivity index (χ1v) is 10.5. The highest BCUT2D eigenvalue weighted by atomic mass is 16.5. The number of benzene rings is 1. The lowest BCUT2D eigenvalue weighted by molar-refractivity contribution is 0.0514. The molecule has 0 spiro atoms. The minimum absolute atomic E-state index is 0.0210. The first-order valence-electron chi connectivity index (χ1n) is 10.5. The number of esters is 1. The van der Waals surface area contributed by atoms with Crippen molar-refractivity contribution in [1.29, 1.82) is 0 Å². The van der Waals surface area contributed by atoms with Crippen LogP contribution in [-0.2, 0) is 21.6 Å². The maximum Gasteiger partial charge on any atom is 0.408 e. The number of amides is 1. The van der Waals surface area contributed by atoms with Gasteiger partial charge in [0.2, 0.25) is 5.75 Å². The average Bonchev–Trinajstić information content (AvgIpc) is 3.18. The predicted molar refractivity (Wildman–Crippen MR) is 113 cm³/mol. The van der Waals surface area contributed by atoms with Crippen LogP contribution in [0.3, 0.4) is 0 Å². The highest BCUT2D eigenvalue weighted by molar-refractivity contribution is 5.90. The molecule has 1 heterocycles. The van der Waals surface area contributed by atoms with Gasteiger partial charge in [0.15, 0.2) is 5.69 Å². The van der Waals surface area contributed by atoms with Crippen molar-refractivity contribution in [2.24, 2.45) is 5.92 Å². The lowest BCUT2D eigenvalue weighted by Crippen LogP contribution is -2.46. The standard InChI is InChI=1S/C22H27N3O7/c1-2-31-19(29)16-17(27)18(28)24-20(23-16)22(10-8-14(12-22)9-11-26)25-21(30)32-13-15-6-4-3-5-7-15/h3-7,14,26-27H,2,8-13H2,1H3,(H,25,30)(H,23,24,28). The summed E-state index contributed by atoms with van der Waals surface area (Å²) < 4.78 is 10.2. The number of nitrogens with one attached hydrogen (secondary N) is 2. The molecule has 1 aromatic carbocycles. The van der Waals surface area contributed by atoms with Gasteiger partial charge >= 0.3 is 12.1 Å². The molecule has 0 radical (unpaired) electrons. The molecule has 3 rings (SSSR count). The zero-order chi connectivity index (χ0) is 23.1. The number of aromatic amines is 1. The van der Waals surface area contributed by atoms with Crippen molar-refractivity contribution in [2.75, 3.05) is 13.2 Å². The van der Waals surface area contributed by atoms with Crippen LogP contribution in [-0.4, -0.2) is 45.5 Å². The molecule has 32 heavy (non-hydrogen) atoms. The largest absolute Gasteiger partial charge is 0.501 e. The summed E-state index contributed by atoms with van der Waals surface area (Å²) >= 11 is 0. The van der Waals surface area contributed by atoms with E-state index in [1.54, 1.807) is 6.92 Å². The van der Waals surface area contributed by atoms with Crippen molar-refractivity contribution in [3.8, 4) is 5.75 Å². The SMILES string of the molecule is CCOC(=O)c1nc(C2(NC(=O)OCc3ccccc3)CCC(CCO)C2)[nH]c(=O)c1O. The molecule has 10 heteroatoms. The fraction of sp³-hybridized carbons (Fsp3) is 0.455. The van der Waals surface area contributed by atoms with Gasteiger partial charge in [-0.3, -0.25) is 4.79 Å². The second kappa shape index (κ2) is 10.3. The number of aromatic hydroxyl groups is 1. The Morgan fingerprint density at radius 2 is 2.03 bits per heavy atom. The van der Waals surface area contributed by atoms with Gasteiger partial charge in [0, 0.05) is 6.61 Å². The van der Waals surface area contributed by atoms with E-state index in [2.05, 4.69) is 15.3 Å². The van der Waals surface area contributed by atoms with Crippen LogP contribution >= 0.6 is 0 Å². The minimum Gasteiger partial charge on any atom is -0.501 e. The van der Waals surface area contributed by atoms with Crippen LogP contribution in [0.25, 0.3) is 0 Å². The summed E-state index contributed by atoms with van der Waals surface area (Å²) in [5.74, 6) is -1.71. The number of carbonyl (C=O) groups is 2. The predicted octanol–water partition coefficient (Wildman–Crippen LogP) is 1.96. The Morgan fingerprint density at radius 3 is 2.72 bits per heavy atom. The average molecular weight is 445 g/mol. The van der Waals surface area contributed by atoms with Crippen molar-refractivity contribution in [1.82, 2.24) is 15.3 Å². The normalized spacial score (nSPS) is 20.0. The summed E-state index contributed by atoms with van der Waals surface area (Å²) in [5, 5.41) is 22.2. The molecule has 10 nitrogen and oxygen atoms in total. The molecule has 1 saturated carbocycles. The maximum absolute atomic E-state index is 12.6. The zero-order valence-electron chi connectivity index (χ0n) is 17.8. The molecule has 2 atom stereocenters. The molecule has 2 unspecified atom stereocenters. The third-order valence-electron chi connectivity index (χ3n) is 5.52. The third-order valence-corrected chi connectivity index (χ3v) is 5.52. The van der Waals surface area contributed by atoms with Crippen LogP contribution in [0.15, 0.2) is 35.1 Å². The topological polar surface area (TPSA) is 151 Å². The second-order valence-corrected chi connectivity index (χ2v) is 7.72. The van der Waals surface area contributed by atoms with E-state index < -0.39 is 34.6 Å². The number of aromatic nitrogens is 2. The van der Waals surface area contributed by atoms with Gasteiger partial charge < -0.3 is 30.0 Å². The summed E-state index contributed by atoms with van der Waals surface area (Å²) in [7, 11) is 0. The molecule has 2 aromatic rings. The van der Waals surface area contributed by atoms with Crippen LogP contribution < -0.4 is 10.9 Å². The first kappa shape index (κ1) is 23.3. The van der Waals surface area contributed by atoms with Gasteiger partial charge in [0.25, 0.3) is 5.56 Å². The van der Waals surface area contributed by atoms with Gasteiger partial charge in [-0.1, -0.05) is 30.3 Å². The smallest absolute Gasteiger partial charge is 0.408 e. The number of nitrogens with zero attached hydrogens (tertiary/aromatic N) is 1. The van der Waals surface area contributed by atoms with Crippen molar-refractivity contribution in [3.05, 3.63) is 57.8 Å². The van der Waals surface area contributed by atoms with Crippen LogP contribution in [0.1, 0.15) is 54.5 Å². The molecular weight excluding hydrogens is 418 g/mol. The zero-order valence-corrected chi connectivity index (χ0v) is 17.8. The van der Waals surface area contributed by atoms with Crippen LogP contribution in [0.5, 0.6) is 5.75 Å². The van der Waals surface area contributed by atoms with E-state index in [-0.39, 0.29) is 31.6 Å². The van der Waals surface area contributed by atoms with Gasteiger partial charge in [0.05, 0.1) is 6.61 Å². The Morgan fingerprint density at radius 1 is 1.28 bits per heavy atom. The summed E-state index contributed by atoms with van der Waals surface area (Å²) in [5.41, 5.74) is -1.76. The summed E-state index contributed by atoms with van der Waals surface area (Å²) in [4.78, 5) is 43.8. The van der Waals surface area contributed by atoms with Crippen molar-refractivity contribution >= 4 is 12.1 Å². The molecule has 1 fully saturated rings. The Balaban J connectivity index is 1.89. The molecular formula is C22H27N3O7.